The molecule has 0 saturated carbocycles. The Labute approximate surface area is 213 Å². The molecule has 0 bridgehead atoms. The second-order valence-electron chi connectivity index (χ2n) is 9.46. The summed E-state index contributed by atoms with van der Waals surface area (Å²) in [7, 11) is 0. The number of aromatic nitrogens is 2. The fourth-order valence-electron chi connectivity index (χ4n) is 4.65. The summed E-state index contributed by atoms with van der Waals surface area (Å²) < 4.78 is 1.87. The first-order valence-electron chi connectivity index (χ1n) is 12.6. The highest BCUT2D eigenvalue weighted by molar-refractivity contribution is 5.93. The largest absolute Gasteiger partial charge is 0.350 e. The van der Waals surface area contributed by atoms with E-state index in [9.17, 15) is 4.79 Å². The molecule has 2 heterocycles. The molecular formula is C31H32N4O. The van der Waals surface area contributed by atoms with Gasteiger partial charge in [-0.15, -0.1) is 0 Å². The van der Waals surface area contributed by atoms with Gasteiger partial charge < -0.3 is 5.32 Å². The van der Waals surface area contributed by atoms with Crippen LogP contribution >= 0.6 is 0 Å². The Morgan fingerprint density at radius 3 is 2.31 bits per heavy atom. The number of nitrogens with zero attached hydrogens (tertiary/aromatic N) is 3. The highest BCUT2D eigenvalue weighted by atomic mass is 16.1. The van der Waals surface area contributed by atoms with E-state index in [4.69, 9.17) is 5.10 Å². The van der Waals surface area contributed by atoms with E-state index in [1.807, 2.05) is 47.3 Å². The first-order chi connectivity index (χ1) is 17.6. The van der Waals surface area contributed by atoms with Crippen molar-refractivity contribution in [3.05, 3.63) is 114 Å². The number of nitrogens with one attached hydrogen (secondary N) is 1. The normalized spacial score (nSPS) is 14.8. The number of rotatable bonds is 7. The fraction of sp³-hybridized carbons (Fsp3) is 0.226. The lowest BCUT2D eigenvalue weighted by Crippen LogP contribution is -2.43. The van der Waals surface area contributed by atoms with Crippen LogP contribution in [0.3, 0.4) is 0 Å². The summed E-state index contributed by atoms with van der Waals surface area (Å²) in [5.41, 5.74) is 6.32. The summed E-state index contributed by atoms with van der Waals surface area (Å²) in [5.74, 6) is -0.0566. The molecule has 4 aromatic rings. The summed E-state index contributed by atoms with van der Waals surface area (Å²) in [6.45, 7) is 5.02. The molecule has 1 aliphatic heterocycles. The van der Waals surface area contributed by atoms with Gasteiger partial charge in [-0.25, -0.2) is 4.68 Å². The maximum absolute atomic E-state index is 12.8. The molecule has 1 amide bonds. The van der Waals surface area contributed by atoms with Crippen molar-refractivity contribution in [1.29, 1.82) is 0 Å². The number of hydrogen-bond donors (Lipinski definition) is 1. The molecule has 5 rings (SSSR count). The number of para-hydroxylation sites is 1. The van der Waals surface area contributed by atoms with Crippen molar-refractivity contribution >= 4 is 12.0 Å². The van der Waals surface area contributed by atoms with E-state index in [2.05, 4.69) is 71.7 Å². The van der Waals surface area contributed by atoms with Crippen LogP contribution in [-0.4, -0.2) is 39.7 Å². The smallest absolute Gasteiger partial charge is 0.244 e. The zero-order valence-electron chi connectivity index (χ0n) is 20.7. The van der Waals surface area contributed by atoms with Crippen LogP contribution in [0.25, 0.3) is 23.0 Å². The number of likely N-dealkylation sites (tertiary alicyclic amines) is 1. The van der Waals surface area contributed by atoms with Gasteiger partial charge in [-0.3, -0.25) is 9.69 Å². The van der Waals surface area contributed by atoms with Gasteiger partial charge in [0.2, 0.25) is 5.91 Å². The van der Waals surface area contributed by atoms with Crippen LogP contribution in [0.1, 0.15) is 29.5 Å². The third kappa shape index (κ3) is 5.99. The van der Waals surface area contributed by atoms with Crippen molar-refractivity contribution in [3.8, 4) is 16.9 Å². The minimum absolute atomic E-state index is 0.0566. The van der Waals surface area contributed by atoms with E-state index in [-0.39, 0.29) is 11.9 Å². The van der Waals surface area contributed by atoms with Crippen LogP contribution < -0.4 is 5.32 Å². The van der Waals surface area contributed by atoms with Crippen LogP contribution in [0, 0.1) is 6.92 Å². The molecule has 5 heteroatoms. The average Bonchev–Trinajstić information content (AvgIpc) is 3.34. The van der Waals surface area contributed by atoms with Crippen molar-refractivity contribution in [1.82, 2.24) is 20.0 Å². The van der Waals surface area contributed by atoms with Crippen molar-refractivity contribution in [2.45, 2.75) is 32.4 Å². The fourth-order valence-corrected chi connectivity index (χ4v) is 4.65. The van der Waals surface area contributed by atoms with Gasteiger partial charge >= 0.3 is 0 Å². The summed E-state index contributed by atoms with van der Waals surface area (Å²) >= 11 is 0. The molecule has 1 aromatic heterocycles. The van der Waals surface area contributed by atoms with Gasteiger partial charge in [0.05, 0.1) is 11.4 Å². The maximum Gasteiger partial charge on any atom is 0.244 e. The summed E-state index contributed by atoms with van der Waals surface area (Å²) in [5, 5.41) is 8.04. The Morgan fingerprint density at radius 1 is 0.944 bits per heavy atom. The number of carbonyl (C=O) groups is 1. The first-order valence-corrected chi connectivity index (χ1v) is 12.6. The van der Waals surface area contributed by atoms with Gasteiger partial charge in [0.1, 0.15) is 0 Å². The highest BCUT2D eigenvalue weighted by Crippen LogP contribution is 2.25. The minimum Gasteiger partial charge on any atom is -0.350 e. The van der Waals surface area contributed by atoms with E-state index >= 15 is 0 Å². The lowest BCUT2D eigenvalue weighted by atomic mass is 10.0. The zero-order chi connectivity index (χ0) is 24.7. The lowest BCUT2D eigenvalue weighted by molar-refractivity contribution is -0.117. The molecule has 5 nitrogen and oxygen atoms in total. The molecule has 3 aromatic carbocycles. The SMILES string of the molecule is Cc1ccc(-c2nn(-c3ccccc3)cc2C=CC(=O)NC2CCN(Cc3ccccc3)CC2)cc1. The monoisotopic (exact) mass is 476 g/mol. The molecule has 1 fully saturated rings. The Hall–Kier alpha value is -3.96. The van der Waals surface area contributed by atoms with Gasteiger partial charge in [0.15, 0.2) is 0 Å². The third-order valence-corrected chi connectivity index (χ3v) is 6.69. The van der Waals surface area contributed by atoms with Gasteiger partial charge in [-0.1, -0.05) is 78.4 Å². The highest BCUT2D eigenvalue weighted by Gasteiger charge is 2.20. The van der Waals surface area contributed by atoms with Gasteiger partial charge in [-0.05, 0) is 43.5 Å². The molecule has 36 heavy (non-hydrogen) atoms. The number of aryl methyl sites for hydroxylation is 1. The Bertz CT molecular complexity index is 1300. The minimum atomic E-state index is -0.0566. The summed E-state index contributed by atoms with van der Waals surface area (Å²) in [6, 6.07) is 29.1. The molecule has 0 atom stereocenters. The molecule has 1 N–H and O–H groups in total. The number of benzene rings is 3. The predicted octanol–water partition coefficient (Wildman–Crippen LogP) is 5.64. The molecule has 0 aliphatic carbocycles. The van der Waals surface area contributed by atoms with E-state index in [1.54, 1.807) is 6.08 Å². The maximum atomic E-state index is 12.8. The molecule has 1 saturated heterocycles. The first kappa shape index (κ1) is 23.8. The number of piperidine rings is 1. The third-order valence-electron chi connectivity index (χ3n) is 6.69. The predicted molar refractivity (Wildman–Crippen MR) is 146 cm³/mol. The Morgan fingerprint density at radius 2 is 1.61 bits per heavy atom. The summed E-state index contributed by atoms with van der Waals surface area (Å²) in [4.78, 5) is 15.2. The molecule has 182 valence electrons. The standard InChI is InChI=1S/C31H32N4O/c1-24-12-14-26(15-13-24)31-27(23-35(33-31)29-10-6-3-7-11-29)16-17-30(36)32-28-18-20-34(21-19-28)22-25-8-4-2-5-9-25/h2-17,23,28H,18-22H2,1H3,(H,32,36). The second-order valence-corrected chi connectivity index (χ2v) is 9.46. The molecule has 0 unspecified atom stereocenters. The number of amides is 1. The van der Waals surface area contributed by atoms with E-state index in [0.717, 1.165) is 55.0 Å². The summed E-state index contributed by atoms with van der Waals surface area (Å²) in [6.07, 6.45) is 7.43. The second kappa shape index (κ2) is 11.2. The van der Waals surface area contributed by atoms with E-state index < -0.39 is 0 Å². The quantitative estimate of drug-likeness (QED) is 0.351. The molecule has 0 spiro atoms. The Kier molecular flexibility index (Phi) is 7.39. The zero-order valence-corrected chi connectivity index (χ0v) is 20.7. The Balaban J connectivity index is 1.24. The average molecular weight is 477 g/mol. The molecular weight excluding hydrogens is 444 g/mol. The van der Waals surface area contributed by atoms with Crippen molar-refractivity contribution in [2.75, 3.05) is 13.1 Å². The van der Waals surface area contributed by atoms with E-state index in [1.165, 1.54) is 11.1 Å². The van der Waals surface area contributed by atoms with Crippen LogP contribution in [0.4, 0.5) is 0 Å². The van der Waals surface area contributed by atoms with Crippen LogP contribution in [0.2, 0.25) is 0 Å². The molecule has 0 radical (unpaired) electrons. The van der Waals surface area contributed by atoms with Crippen molar-refractivity contribution < 1.29 is 4.79 Å². The lowest BCUT2D eigenvalue weighted by Gasteiger charge is -2.32. The van der Waals surface area contributed by atoms with Gasteiger partial charge in [0.25, 0.3) is 0 Å². The van der Waals surface area contributed by atoms with Gasteiger partial charge in [-0.2, -0.15) is 5.10 Å². The van der Waals surface area contributed by atoms with Crippen LogP contribution in [0.5, 0.6) is 0 Å². The van der Waals surface area contributed by atoms with E-state index in [0.29, 0.717) is 0 Å². The van der Waals surface area contributed by atoms with Crippen LogP contribution in [-0.2, 0) is 11.3 Å². The number of hydrogen-bond acceptors (Lipinski definition) is 3. The topological polar surface area (TPSA) is 50.2 Å². The van der Waals surface area contributed by atoms with Crippen molar-refractivity contribution in [2.24, 2.45) is 0 Å². The van der Waals surface area contributed by atoms with Gasteiger partial charge in [0, 0.05) is 49.1 Å². The van der Waals surface area contributed by atoms with Crippen molar-refractivity contribution in [3.63, 3.8) is 0 Å². The van der Waals surface area contributed by atoms with Crippen LogP contribution in [0.15, 0.2) is 97.2 Å². The molecule has 1 aliphatic rings. The number of carbonyl (C=O) groups excluding carboxylic acids is 1.